The summed E-state index contributed by atoms with van der Waals surface area (Å²) in [4.78, 5) is 2.67. The lowest BCUT2D eigenvalue weighted by Gasteiger charge is -2.24. The minimum Gasteiger partial charge on any atom is -0.300 e. The van der Waals surface area contributed by atoms with Crippen LogP contribution in [0, 0.1) is 5.41 Å². The highest BCUT2D eigenvalue weighted by Crippen LogP contribution is 2.48. The van der Waals surface area contributed by atoms with Crippen LogP contribution in [0.1, 0.15) is 32.6 Å². The average Bonchev–Trinajstić information content (AvgIpc) is 2.95. The van der Waals surface area contributed by atoms with Crippen molar-refractivity contribution in [2.45, 2.75) is 38.6 Å². The van der Waals surface area contributed by atoms with Crippen molar-refractivity contribution >= 4 is 15.9 Å². The zero-order chi connectivity index (χ0) is 8.60. The van der Waals surface area contributed by atoms with Crippen molar-refractivity contribution in [3.8, 4) is 0 Å². The van der Waals surface area contributed by atoms with Gasteiger partial charge in [-0.25, -0.2) is 0 Å². The number of nitrogens with zero attached hydrogens (tertiary/aromatic N) is 1. The van der Waals surface area contributed by atoms with Crippen LogP contribution in [0.5, 0.6) is 0 Å². The van der Waals surface area contributed by atoms with E-state index in [1.54, 1.807) is 0 Å². The molecule has 0 aromatic rings. The first-order valence-electron chi connectivity index (χ1n) is 5.10. The first-order valence-corrected chi connectivity index (χ1v) is 6.22. The summed E-state index contributed by atoms with van der Waals surface area (Å²) in [6.45, 7) is 4.89. The van der Waals surface area contributed by atoms with Crippen molar-refractivity contribution < 1.29 is 0 Å². The Kier molecular flexibility index (Phi) is 2.48. The van der Waals surface area contributed by atoms with Gasteiger partial charge in [-0.1, -0.05) is 22.9 Å². The Hall–Kier alpha value is 0.440. The molecule has 1 nitrogen and oxygen atoms in total. The van der Waals surface area contributed by atoms with E-state index in [0.29, 0.717) is 5.41 Å². The summed E-state index contributed by atoms with van der Waals surface area (Å²) in [7, 11) is 0. The molecule has 0 aromatic carbocycles. The molecule has 70 valence electrons. The van der Waals surface area contributed by atoms with Crippen LogP contribution >= 0.6 is 15.9 Å². The molecule has 0 amide bonds. The van der Waals surface area contributed by atoms with Crippen molar-refractivity contribution in [2.75, 3.05) is 18.4 Å². The third kappa shape index (κ3) is 1.85. The molecule has 0 heterocycles. The first-order chi connectivity index (χ1) is 5.79. The fourth-order valence-electron chi connectivity index (χ4n) is 1.88. The minimum atomic E-state index is 0.679. The summed E-state index contributed by atoms with van der Waals surface area (Å²) in [5.41, 5.74) is 0.679. The summed E-state index contributed by atoms with van der Waals surface area (Å²) in [6.07, 6.45) is 5.79. The summed E-state index contributed by atoms with van der Waals surface area (Å²) < 4.78 is 0. The van der Waals surface area contributed by atoms with E-state index in [0.717, 1.165) is 6.04 Å². The lowest BCUT2D eigenvalue weighted by Crippen LogP contribution is -2.32. The Balaban J connectivity index is 1.82. The number of hydrogen-bond donors (Lipinski definition) is 0. The van der Waals surface area contributed by atoms with Crippen LogP contribution in [0.4, 0.5) is 0 Å². The largest absolute Gasteiger partial charge is 0.300 e. The van der Waals surface area contributed by atoms with Gasteiger partial charge in [0.25, 0.3) is 0 Å². The third-order valence-corrected chi connectivity index (χ3v) is 4.44. The first kappa shape index (κ1) is 9.01. The van der Waals surface area contributed by atoms with E-state index < -0.39 is 0 Å². The van der Waals surface area contributed by atoms with E-state index in [-0.39, 0.29) is 0 Å². The van der Waals surface area contributed by atoms with Crippen molar-refractivity contribution in [1.29, 1.82) is 0 Å². The van der Waals surface area contributed by atoms with Gasteiger partial charge in [0.1, 0.15) is 0 Å². The lowest BCUT2D eigenvalue weighted by atomic mass is 10.1. The van der Waals surface area contributed by atoms with Crippen molar-refractivity contribution in [3.05, 3.63) is 0 Å². The second kappa shape index (κ2) is 3.30. The second-order valence-electron chi connectivity index (χ2n) is 4.43. The summed E-state index contributed by atoms with van der Waals surface area (Å²) in [6, 6.07) is 0.950. The molecule has 2 aliphatic rings. The summed E-state index contributed by atoms with van der Waals surface area (Å²) in [5, 5.41) is 1.21. The van der Waals surface area contributed by atoms with Crippen LogP contribution in [0.25, 0.3) is 0 Å². The molecule has 2 saturated carbocycles. The molecule has 2 rings (SSSR count). The van der Waals surface area contributed by atoms with Gasteiger partial charge in [0, 0.05) is 17.9 Å². The lowest BCUT2D eigenvalue weighted by molar-refractivity contribution is 0.232. The smallest absolute Gasteiger partial charge is 0.0100 e. The maximum Gasteiger partial charge on any atom is 0.0100 e. The summed E-state index contributed by atoms with van der Waals surface area (Å²) >= 11 is 3.63. The summed E-state index contributed by atoms with van der Waals surface area (Å²) in [5.74, 6) is 0. The second-order valence-corrected chi connectivity index (χ2v) is 4.99. The van der Waals surface area contributed by atoms with Crippen LogP contribution < -0.4 is 0 Å². The molecule has 0 aromatic heterocycles. The Morgan fingerprint density at radius 3 is 2.42 bits per heavy atom. The molecule has 12 heavy (non-hydrogen) atoms. The van der Waals surface area contributed by atoms with Gasteiger partial charge < -0.3 is 4.90 Å². The maximum absolute atomic E-state index is 3.63. The molecule has 2 aliphatic carbocycles. The maximum atomic E-state index is 3.63. The Labute approximate surface area is 83.6 Å². The van der Waals surface area contributed by atoms with E-state index in [1.165, 1.54) is 44.1 Å². The zero-order valence-corrected chi connectivity index (χ0v) is 9.44. The quantitative estimate of drug-likeness (QED) is 0.658. The highest BCUT2D eigenvalue weighted by molar-refractivity contribution is 9.09. The van der Waals surface area contributed by atoms with Gasteiger partial charge in [0.15, 0.2) is 0 Å². The standard InChI is InChI=1S/C10H18BrN/c1-2-12(9-3-4-9)8-10(7-11)5-6-10/h9H,2-8H2,1H3. The van der Waals surface area contributed by atoms with Gasteiger partial charge in [0.05, 0.1) is 0 Å². The van der Waals surface area contributed by atoms with Crippen molar-refractivity contribution in [1.82, 2.24) is 4.90 Å². The van der Waals surface area contributed by atoms with Gasteiger partial charge in [-0.2, -0.15) is 0 Å². The molecule has 0 radical (unpaired) electrons. The number of alkyl halides is 1. The molecule has 0 bridgehead atoms. The fourth-order valence-corrected chi connectivity index (χ4v) is 2.62. The predicted molar refractivity (Wildman–Crippen MR) is 55.7 cm³/mol. The van der Waals surface area contributed by atoms with Crippen molar-refractivity contribution in [2.24, 2.45) is 5.41 Å². The average molecular weight is 232 g/mol. The van der Waals surface area contributed by atoms with Crippen LogP contribution in [-0.4, -0.2) is 29.4 Å². The molecule has 0 N–H and O–H groups in total. The van der Waals surface area contributed by atoms with Gasteiger partial charge in [-0.15, -0.1) is 0 Å². The molecule has 0 aliphatic heterocycles. The fraction of sp³-hybridized carbons (Fsp3) is 1.00. The topological polar surface area (TPSA) is 3.24 Å². The van der Waals surface area contributed by atoms with Crippen LogP contribution in [0.15, 0.2) is 0 Å². The van der Waals surface area contributed by atoms with Crippen LogP contribution in [-0.2, 0) is 0 Å². The van der Waals surface area contributed by atoms with E-state index in [9.17, 15) is 0 Å². The normalized spacial score (nSPS) is 26.2. The van der Waals surface area contributed by atoms with Crippen LogP contribution in [0.2, 0.25) is 0 Å². The Morgan fingerprint density at radius 2 is 2.08 bits per heavy atom. The SMILES string of the molecule is CCN(CC1(CBr)CC1)C1CC1. The Morgan fingerprint density at radius 1 is 1.42 bits per heavy atom. The molecular weight excluding hydrogens is 214 g/mol. The zero-order valence-electron chi connectivity index (χ0n) is 7.85. The van der Waals surface area contributed by atoms with Crippen LogP contribution in [0.3, 0.4) is 0 Å². The number of hydrogen-bond acceptors (Lipinski definition) is 1. The molecule has 2 fully saturated rings. The number of rotatable bonds is 5. The highest BCUT2D eigenvalue weighted by Gasteiger charge is 2.44. The molecule has 0 unspecified atom stereocenters. The highest BCUT2D eigenvalue weighted by atomic mass is 79.9. The van der Waals surface area contributed by atoms with E-state index >= 15 is 0 Å². The van der Waals surface area contributed by atoms with Gasteiger partial charge in [-0.3, -0.25) is 0 Å². The predicted octanol–water partition coefficient (Wildman–Crippen LogP) is 2.65. The number of halogens is 1. The van der Waals surface area contributed by atoms with E-state index in [4.69, 9.17) is 0 Å². The molecular formula is C10H18BrN. The van der Waals surface area contributed by atoms with E-state index in [1.807, 2.05) is 0 Å². The molecule has 0 spiro atoms. The Bertz CT molecular complexity index is 161. The van der Waals surface area contributed by atoms with Gasteiger partial charge in [0.2, 0.25) is 0 Å². The molecule has 0 atom stereocenters. The monoisotopic (exact) mass is 231 g/mol. The third-order valence-electron chi connectivity index (χ3n) is 3.25. The van der Waals surface area contributed by atoms with Gasteiger partial charge in [-0.05, 0) is 37.6 Å². The molecule has 0 saturated heterocycles. The minimum absolute atomic E-state index is 0.679. The van der Waals surface area contributed by atoms with E-state index in [2.05, 4.69) is 27.8 Å². The molecule has 2 heteroatoms. The van der Waals surface area contributed by atoms with Crippen molar-refractivity contribution in [3.63, 3.8) is 0 Å². The van der Waals surface area contributed by atoms with Gasteiger partial charge >= 0.3 is 0 Å².